The van der Waals surface area contributed by atoms with E-state index in [-0.39, 0.29) is 0 Å². The molecule has 0 aromatic rings. The Bertz CT molecular complexity index is 202. The van der Waals surface area contributed by atoms with Crippen LogP contribution in [0.4, 0.5) is 0 Å². The van der Waals surface area contributed by atoms with E-state index in [9.17, 15) is 0 Å². The lowest BCUT2D eigenvalue weighted by molar-refractivity contribution is 0.399. The van der Waals surface area contributed by atoms with Crippen LogP contribution in [0.2, 0.25) is 0 Å². The van der Waals surface area contributed by atoms with Gasteiger partial charge in [-0.15, -0.1) is 0 Å². The summed E-state index contributed by atoms with van der Waals surface area (Å²) in [5, 5.41) is 14.0. The van der Waals surface area contributed by atoms with E-state index in [2.05, 4.69) is 13.0 Å². The fraction of sp³-hybridized carbons (Fsp3) is 0.636. The highest BCUT2D eigenvalue weighted by atomic mass is 16.2. The first-order valence-corrected chi connectivity index (χ1v) is 4.61. The second kappa shape index (κ2) is 6.87. The van der Waals surface area contributed by atoms with E-state index < -0.39 is 0 Å². The zero-order valence-corrected chi connectivity index (χ0v) is 8.80. The van der Waals surface area contributed by atoms with Crippen molar-refractivity contribution in [2.45, 2.75) is 32.6 Å². The first-order valence-electron chi connectivity index (χ1n) is 4.61. The van der Waals surface area contributed by atoms with E-state index in [4.69, 9.17) is 10.2 Å². The third kappa shape index (κ3) is 3.33. The van der Waals surface area contributed by atoms with Crippen molar-refractivity contribution in [1.29, 1.82) is 0 Å². The van der Waals surface area contributed by atoms with Crippen molar-refractivity contribution in [2.24, 2.45) is 0 Å². The van der Waals surface area contributed by atoms with Gasteiger partial charge in [-0.2, -0.15) is 0 Å². The van der Waals surface area contributed by atoms with Crippen LogP contribution in [-0.4, -0.2) is 24.4 Å². The third-order valence-corrected chi connectivity index (χ3v) is 2.42. The lowest BCUT2D eigenvalue weighted by Crippen LogP contribution is -2.07. The van der Waals surface area contributed by atoms with Crippen LogP contribution in [0.3, 0.4) is 0 Å². The van der Waals surface area contributed by atoms with Gasteiger partial charge in [0.1, 0.15) is 0 Å². The minimum atomic E-state index is 1.00. The Balaban J connectivity index is 0.000000322. The number of hydrogen-bond acceptors (Lipinski definition) is 2. The molecular formula is C11H20O2. The SMILES string of the molecule is CC1=CCC2=C(CC2)C1.CO.CO. The molecule has 0 aliphatic heterocycles. The molecular weight excluding hydrogens is 164 g/mol. The third-order valence-electron chi connectivity index (χ3n) is 2.42. The summed E-state index contributed by atoms with van der Waals surface area (Å²) in [5.74, 6) is 0. The second-order valence-corrected chi connectivity index (χ2v) is 3.14. The average Bonchev–Trinajstić information content (AvgIpc) is 2.18. The van der Waals surface area contributed by atoms with Gasteiger partial charge in [0.25, 0.3) is 0 Å². The molecule has 0 spiro atoms. The lowest BCUT2D eigenvalue weighted by atomic mass is 9.79. The quantitative estimate of drug-likeness (QED) is 0.565. The Morgan fingerprint density at radius 2 is 1.54 bits per heavy atom. The van der Waals surface area contributed by atoms with E-state index in [1.807, 2.05) is 0 Å². The number of hydrogen-bond donors (Lipinski definition) is 2. The van der Waals surface area contributed by atoms with Gasteiger partial charge in [-0.3, -0.25) is 0 Å². The molecule has 2 aliphatic rings. The van der Waals surface area contributed by atoms with Crippen LogP contribution < -0.4 is 0 Å². The number of rotatable bonds is 0. The molecule has 2 heteroatoms. The first kappa shape index (κ1) is 12.4. The summed E-state index contributed by atoms with van der Waals surface area (Å²) in [6.07, 6.45) is 7.70. The monoisotopic (exact) mass is 184 g/mol. The standard InChI is InChI=1S/C9H12.2CH4O/c1-7-2-3-8-4-5-9(8)6-7;2*1-2/h2H,3-6H2,1H3;2*2H,1H3. The molecule has 2 N–H and O–H groups in total. The van der Waals surface area contributed by atoms with Crippen LogP contribution >= 0.6 is 0 Å². The summed E-state index contributed by atoms with van der Waals surface area (Å²) in [5.41, 5.74) is 5.06. The maximum Gasteiger partial charge on any atom is 0.0319 e. The molecule has 0 bridgehead atoms. The van der Waals surface area contributed by atoms with Gasteiger partial charge >= 0.3 is 0 Å². The average molecular weight is 184 g/mol. The molecule has 2 nitrogen and oxygen atoms in total. The van der Waals surface area contributed by atoms with Crippen molar-refractivity contribution in [3.63, 3.8) is 0 Å². The Hall–Kier alpha value is -0.600. The van der Waals surface area contributed by atoms with Crippen molar-refractivity contribution in [2.75, 3.05) is 14.2 Å². The summed E-state index contributed by atoms with van der Waals surface area (Å²) in [4.78, 5) is 0. The van der Waals surface area contributed by atoms with Crippen LogP contribution in [0.25, 0.3) is 0 Å². The number of allylic oxidation sites excluding steroid dienone is 4. The summed E-state index contributed by atoms with van der Waals surface area (Å²) >= 11 is 0. The summed E-state index contributed by atoms with van der Waals surface area (Å²) in [6.45, 7) is 2.24. The van der Waals surface area contributed by atoms with E-state index in [0.717, 1.165) is 14.2 Å². The first-order chi connectivity index (χ1) is 6.36. The van der Waals surface area contributed by atoms with Crippen LogP contribution in [0.1, 0.15) is 32.6 Å². The van der Waals surface area contributed by atoms with Crippen molar-refractivity contribution in [3.05, 3.63) is 22.8 Å². The maximum atomic E-state index is 7.00. The zero-order valence-electron chi connectivity index (χ0n) is 8.80. The highest BCUT2D eigenvalue weighted by Crippen LogP contribution is 2.38. The topological polar surface area (TPSA) is 40.5 Å². The molecule has 0 heterocycles. The highest BCUT2D eigenvalue weighted by Gasteiger charge is 2.18. The normalized spacial score (nSPS) is 18.1. The molecule has 0 aromatic heterocycles. The maximum absolute atomic E-state index is 7.00. The fourth-order valence-electron chi connectivity index (χ4n) is 1.64. The van der Waals surface area contributed by atoms with Crippen molar-refractivity contribution in [3.8, 4) is 0 Å². The summed E-state index contributed by atoms with van der Waals surface area (Å²) < 4.78 is 0. The predicted octanol–water partition coefficient (Wildman–Crippen LogP) is 2.03. The molecule has 13 heavy (non-hydrogen) atoms. The van der Waals surface area contributed by atoms with Gasteiger partial charge in [-0.1, -0.05) is 22.8 Å². The Morgan fingerprint density at radius 3 is 1.85 bits per heavy atom. The molecule has 76 valence electrons. The minimum absolute atomic E-state index is 1.00. The molecule has 0 saturated carbocycles. The van der Waals surface area contributed by atoms with Crippen molar-refractivity contribution >= 4 is 0 Å². The predicted molar refractivity (Wildman–Crippen MR) is 55.5 cm³/mol. The summed E-state index contributed by atoms with van der Waals surface area (Å²) in [6, 6.07) is 0. The van der Waals surface area contributed by atoms with E-state index in [0.29, 0.717) is 0 Å². The molecule has 0 amide bonds. The van der Waals surface area contributed by atoms with Crippen LogP contribution in [0, 0.1) is 0 Å². The Morgan fingerprint density at radius 1 is 1.00 bits per heavy atom. The van der Waals surface area contributed by atoms with Gasteiger partial charge in [-0.05, 0) is 32.6 Å². The molecule has 2 rings (SSSR count). The van der Waals surface area contributed by atoms with Gasteiger partial charge in [-0.25, -0.2) is 0 Å². The van der Waals surface area contributed by atoms with Crippen molar-refractivity contribution < 1.29 is 10.2 Å². The smallest absolute Gasteiger partial charge is 0.0319 e. The van der Waals surface area contributed by atoms with E-state index in [1.54, 1.807) is 16.7 Å². The van der Waals surface area contributed by atoms with E-state index in [1.165, 1.54) is 25.7 Å². The Kier molecular flexibility index (Phi) is 6.55. The molecule has 2 aliphatic carbocycles. The van der Waals surface area contributed by atoms with E-state index >= 15 is 0 Å². The number of aliphatic hydroxyl groups is 2. The van der Waals surface area contributed by atoms with Gasteiger partial charge < -0.3 is 10.2 Å². The summed E-state index contributed by atoms with van der Waals surface area (Å²) in [7, 11) is 2.00. The van der Waals surface area contributed by atoms with Gasteiger partial charge in [0.15, 0.2) is 0 Å². The highest BCUT2D eigenvalue weighted by molar-refractivity contribution is 5.34. The molecule has 0 atom stereocenters. The van der Waals surface area contributed by atoms with Gasteiger partial charge in [0.05, 0.1) is 0 Å². The molecule has 0 radical (unpaired) electrons. The van der Waals surface area contributed by atoms with Crippen LogP contribution in [-0.2, 0) is 0 Å². The lowest BCUT2D eigenvalue weighted by Gasteiger charge is -2.27. The van der Waals surface area contributed by atoms with Crippen molar-refractivity contribution in [1.82, 2.24) is 0 Å². The molecule has 0 unspecified atom stereocenters. The molecule has 0 fully saturated rings. The van der Waals surface area contributed by atoms with Gasteiger partial charge in [0, 0.05) is 14.2 Å². The molecule has 0 saturated heterocycles. The van der Waals surface area contributed by atoms with Crippen LogP contribution in [0.5, 0.6) is 0 Å². The largest absolute Gasteiger partial charge is 0.400 e. The van der Waals surface area contributed by atoms with Gasteiger partial charge in [0.2, 0.25) is 0 Å². The van der Waals surface area contributed by atoms with Crippen LogP contribution in [0.15, 0.2) is 22.8 Å². The second-order valence-electron chi connectivity index (χ2n) is 3.14. The minimum Gasteiger partial charge on any atom is -0.400 e. The zero-order chi connectivity index (χ0) is 10.3. The number of aliphatic hydroxyl groups excluding tert-OH is 2. The fourth-order valence-corrected chi connectivity index (χ4v) is 1.64. The Labute approximate surface area is 80.6 Å². The molecule has 0 aromatic carbocycles.